The van der Waals surface area contributed by atoms with Crippen LogP contribution in [0.25, 0.3) is 44.3 Å². The van der Waals surface area contributed by atoms with E-state index in [-0.39, 0.29) is 11.8 Å². The molecule has 6 nitrogen and oxygen atoms in total. The van der Waals surface area contributed by atoms with Crippen LogP contribution >= 0.6 is 0 Å². The summed E-state index contributed by atoms with van der Waals surface area (Å²) in [7, 11) is 0. The van der Waals surface area contributed by atoms with Crippen LogP contribution in [0.4, 0.5) is 11.4 Å². The number of aromatic nitrogens is 2. The number of rotatable bonds is 4. The van der Waals surface area contributed by atoms with Gasteiger partial charge in [0.05, 0.1) is 33.8 Å². The van der Waals surface area contributed by atoms with E-state index in [0.717, 1.165) is 81.6 Å². The second kappa shape index (κ2) is 12.6. The smallest absolute Gasteiger partial charge is 0.227 e. The number of nitrogens with zero attached hydrogens (tertiary/aromatic N) is 2. The van der Waals surface area contributed by atoms with E-state index in [9.17, 15) is 4.79 Å². The second-order valence-electron chi connectivity index (χ2n) is 10.4. The van der Waals surface area contributed by atoms with Gasteiger partial charge in [-0.15, -0.1) is 0 Å². The minimum absolute atomic E-state index is 0.0776. The molecule has 0 bridgehead atoms. The summed E-state index contributed by atoms with van der Waals surface area (Å²) >= 11 is 0. The molecule has 7 rings (SSSR count). The Kier molecular flexibility index (Phi) is 8.15. The van der Waals surface area contributed by atoms with Crippen molar-refractivity contribution >= 4 is 39.1 Å². The molecule has 0 unspecified atom stereocenters. The fourth-order valence-corrected chi connectivity index (χ4v) is 5.28. The summed E-state index contributed by atoms with van der Waals surface area (Å²) in [6.45, 7) is 1.81. The SMILES string of the molecule is Nc1cccc2ccc(-c3ccccc3)nc12.O=C(Nc1cccc2ccc(-c3ccccc3)nc12)C1CCNCC1. The Morgan fingerprint density at radius 2 is 1.19 bits per heavy atom. The number of amides is 1. The summed E-state index contributed by atoms with van der Waals surface area (Å²) < 4.78 is 0. The van der Waals surface area contributed by atoms with E-state index in [0.29, 0.717) is 0 Å². The van der Waals surface area contributed by atoms with E-state index in [1.807, 2.05) is 109 Å². The van der Waals surface area contributed by atoms with Crippen LogP contribution in [-0.4, -0.2) is 29.0 Å². The van der Waals surface area contributed by atoms with Crippen LogP contribution in [0.5, 0.6) is 0 Å². The Labute approximate surface area is 245 Å². The molecule has 1 amide bonds. The van der Waals surface area contributed by atoms with Gasteiger partial charge in [0.2, 0.25) is 5.91 Å². The van der Waals surface area contributed by atoms with Crippen molar-refractivity contribution in [2.45, 2.75) is 12.8 Å². The highest BCUT2D eigenvalue weighted by Crippen LogP contribution is 2.27. The topological polar surface area (TPSA) is 92.9 Å². The lowest BCUT2D eigenvalue weighted by atomic mass is 9.97. The van der Waals surface area contributed by atoms with Crippen molar-refractivity contribution < 1.29 is 4.79 Å². The van der Waals surface area contributed by atoms with Gasteiger partial charge in [0.1, 0.15) is 0 Å². The Hall–Kier alpha value is -5.07. The third kappa shape index (κ3) is 6.14. The third-order valence-corrected chi connectivity index (χ3v) is 7.58. The van der Waals surface area contributed by atoms with Crippen LogP contribution in [-0.2, 0) is 4.79 Å². The van der Waals surface area contributed by atoms with Gasteiger partial charge >= 0.3 is 0 Å². The lowest BCUT2D eigenvalue weighted by Gasteiger charge is -2.22. The third-order valence-electron chi connectivity index (χ3n) is 7.58. The molecule has 0 spiro atoms. The number of piperidine rings is 1. The fraction of sp³-hybridized carbons (Fsp3) is 0.139. The minimum atomic E-state index is 0.0776. The molecule has 0 atom stereocenters. The number of nitrogens with two attached hydrogens (primary N) is 1. The summed E-state index contributed by atoms with van der Waals surface area (Å²) in [6.07, 6.45) is 1.78. The Morgan fingerprint density at radius 1 is 0.643 bits per heavy atom. The van der Waals surface area contributed by atoms with Crippen LogP contribution in [0.1, 0.15) is 12.8 Å². The van der Waals surface area contributed by atoms with Crippen LogP contribution < -0.4 is 16.4 Å². The van der Waals surface area contributed by atoms with Crippen molar-refractivity contribution in [1.82, 2.24) is 15.3 Å². The molecule has 1 saturated heterocycles. The van der Waals surface area contributed by atoms with Gasteiger partial charge in [0.25, 0.3) is 0 Å². The molecule has 4 N–H and O–H groups in total. The highest BCUT2D eigenvalue weighted by molar-refractivity contribution is 6.01. The highest BCUT2D eigenvalue weighted by atomic mass is 16.1. The molecule has 0 saturated carbocycles. The summed E-state index contributed by atoms with van der Waals surface area (Å²) in [5.41, 5.74) is 13.2. The number of fused-ring (bicyclic) bond motifs is 2. The van der Waals surface area contributed by atoms with Crippen molar-refractivity contribution in [2.75, 3.05) is 24.1 Å². The van der Waals surface area contributed by atoms with Crippen molar-refractivity contribution in [2.24, 2.45) is 5.92 Å². The monoisotopic (exact) mass is 551 g/mol. The number of carbonyl (C=O) groups is 1. The highest BCUT2D eigenvalue weighted by Gasteiger charge is 2.21. The molecule has 3 heterocycles. The predicted molar refractivity (Wildman–Crippen MR) is 173 cm³/mol. The van der Waals surface area contributed by atoms with Gasteiger partial charge in [-0.1, -0.05) is 97.1 Å². The van der Waals surface area contributed by atoms with E-state index in [1.165, 1.54) is 0 Å². The van der Waals surface area contributed by atoms with Crippen molar-refractivity contribution in [3.8, 4) is 22.5 Å². The van der Waals surface area contributed by atoms with Gasteiger partial charge in [-0.2, -0.15) is 0 Å². The zero-order chi connectivity index (χ0) is 28.7. The number of hydrogen-bond acceptors (Lipinski definition) is 5. The summed E-state index contributed by atoms with van der Waals surface area (Å²) in [4.78, 5) is 22.0. The molecule has 0 radical (unpaired) electrons. The Morgan fingerprint density at radius 3 is 1.81 bits per heavy atom. The van der Waals surface area contributed by atoms with Crippen molar-refractivity contribution in [3.63, 3.8) is 0 Å². The van der Waals surface area contributed by atoms with E-state index in [1.54, 1.807) is 0 Å². The van der Waals surface area contributed by atoms with Crippen molar-refractivity contribution in [3.05, 3.63) is 121 Å². The second-order valence-corrected chi connectivity index (χ2v) is 10.4. The molecule has 42 heavy (non-hydrogen) atoms. The van der Waals surface area contributed by atoms with E-state index >= 15 is 0 Å². The maximum Gasteiger partial charge on any atom is 0.227 e. The number of hydrogen-bond donors (Lipinski definition) is 3. The van der Waals surface area contributed by atoms with E-state index < -0.39 is 0 Å². The molecule has 1 aliphatic heterocycles. The lowest BCUT2D eigenvalue weighted by Crippen LogP contribution is -2.34. The molecular weight excluding hydrogens is 518 g/mol. The van der Waals surface area contributed by atoms with Crippen LogP contribution in [0.15, 0.2) is 121 Å². The molecule has 6 aromatic rings. The first-order valence-corrected chi connectivity index (χ1v) is 14.3. The maximum absolute atomic E-state index is 12.6. The van der Waals surface area contributed by atoms with Gasteiger partial charge in [0.15, 0.2) is 0 Å². The number of nitrogen functional groups attached to an aromatic ring is 1. The molecule has 1 fully saturated rings. The quantitative estimate of drug-likeness (QED) is 0.200. The number of anilines is 2. The predicted octanol–water partition coefficient (Wildman–Crippen LogP) is 7.32. The van der Waals surface area contributed by atoms with Gasteiger partial charge in [-0.05, 0) is 50.2 Å². The molecule has 4 aromatic carbocycles. The lowest BCUT2D eigenvalue weighted by molar-refractivity contribution is -0.120. The zero-order valence-corrected chi connectivity index (χ0v) is 23.3. The largest absolute Gasteiger partial charge is 0.397 e. The van der Waals surface area contributed by atoms with Gasteiger partial charge in [-0.25, -0.2) is 9.97 Å². The normalized spacial score (nSPS) is 13.3. The van der Waals surface area contributed by atoms with E-state index in [2.05, 4.69) is 27.8 Å². The summed E-state index contributed by atoms with van der Waals surface area (Å²) in [6, 6.07) is 40.1. The van der Waals surface area contributed by atoms with Gasteiger partial charge in [0, 0.05) is 27.8 Å². The molecule has 2 aromatic heterocycles. The molecule has 1 aliphatic rings. The average Bonchev–Trinajstić information content (AvgIpc) is 3.06. The summed E-state index contributed by atoms with van der Waals surface area (Å²) in [5.74, 6) is 0.176. The maximum atomic E-state index is 12.6. The van der Waals surface area contributed by atoms with Gasteiger partial charge < -0.3 is 16.4 Å². The number of nitrogens with one attached hydrogen (secondary N) is 2. The van der Waals surface area contributed by atoms with Crippen LogP contribution in [0, 0.1) is 5.92 Å². The molecular formula is C36H33N5O. The Bertz CT molecular complexity index is 1820. The van der Waals surface area contributed by atoms with Crippen molar-refractivity contribution in [1.29, 1.82) is 0 Å². The van der Waals surface area contributed by atoms with E-state index in [4.69, 9.17) is 10.7 Å². The van der Waals surface area contributed by atoms with Crippen LogP contribution in [0.2, 0.25) is 0 Å². The summed E-state index contributed by atoms with van der Waals surface area (Å²) in [5, 5.41) is 8.50. The molecule has 0 aliphatic carbocycles. The first kappa shape index (κ1) is 27.1. The molecule has 208 valence electrons. The number of carbonyl (C=O) groups excluding carboxylic acids is 1. The fourth-order valence-electron chi connectivity index (χ4n) is 5.28. The minimum Gasteiger partial charge on any atom is -0.397 e. The van der Waals surface area contributed by atoms with Gasteiger partial charge in [-0.3, -0.25) is 4.79 Å². The number of para-hydroxylation sites is 2. The Balaban J connectivity index is 0.000000162. The zero-order valence-electron chi connectivity index (χ0n) is 23.3. The van der Waals surface area contributed by atoms with Crippen LogP contribution in [0.3, 0.4) is 0 Å². The number of benzene rings is 4. The first-order valence-electron chi connectivity index (χ1n) is 14.3. The first-order chi connectivity index (χ1) is 20.7. The standard InChI is InChI=1S/C21H21N3O.C15H12N2/c25-21(17-11-13-22-14-12-17)24-19-8-4-7-16-9-10-18(23-20(16)19)15-5-2-1-3-6-15;16-13-8-4-7-12-9-10-14(17-15(12)13)11-5-2-1-3-6-11/h1-10,17,22H,11-14H2,(H,24,25);1-10H,16H2. The number of pyridine rings is 2. The average molecular weight is 552 g/mol. The molecule has 6 heteroatoms.